The van der Waals surface area contributed by atoms with Gasteiger partial charge in [-0.2, -0.15) is 0 Å². The standard InChI is InChI=1S/C16H26N6O2/c1-3-24-11-6-8-17-16(18-9-12-23-2)19-13-15-21-20-14-7-4-5-10-22(14)15/h4-5,7,10H,3,6,8-9,11-13H2,1-2H3,(H2,17,18,19). The summed E-state index contributed by atoms with van der Waals surface area (Å²) < 4.78 is 12.3. The van der Waals surface area contributed by atoms with Gasteiger partial charge in [0.25, 0.3) is 0 Å². The summed E-state index contributed by atoms with van der Waals surface area (Å²) in [6, 6.07) is 5.81. The SMILES string of the molecule is CCOCCCNC(=NCc1nnc2ccccn12)NCCOC. The van der Waals surface area contributed by atoms with Crippen molar-refractivity contribution in [2.45, 2.75) is 19.9 Å². The van der Waals surface area contributed by atoms with Gasteiger partial charge in [0, 0.05) is 39.6 Å². The number of fused-ring (bicyclic) bond motifs is 1. The molecule has 0 unspecified atom stereocenters. The minimum Gasteiger partial charge on any atom is -0.383 e. The van der Waals surface area contributed by atoms with E-state index in [1.54, 1.807) is 7.11 Å². The number of nitrogens with zero attached hydrogens (tertiary/aromatic N) is 4. The number of aromatic nitrogens is 3. The van der Waals surface area contributed by atoms with Crippen molar-refractivity contribution in [1.82, 2.24) is 25.2 Å². The van der Waals surface area contributed by atoms with E-state index in [0.717, 1.165) is 43.6 Å². The quantitative estimate of drug-likeness (QED) is 0.380. The highest BCUT2D eigenvalue weighted by Crippen LogP contribution is 2.03. The highest BCUT2D eigenvalue weighted by atomic mass is 16.5. The summed E-state index contributed by atoms with van der Waals surface area (Å²) in [5.41, 5.74) is 0.821. The van der Waals surface area contributed by atoms with E-state index in [2.05, 4.69) is 25.8 Å². The van der Waals surface area contributed by atoms with Crippen LogP contribution in [0.5, 0.6) is 0 Å². The van der Waals surface area contributed by atoms with Gasteiger partial charge in [-0.15, -0.1) is 10.2 Å². The van der Waals surface area contributed by atoms with Gasteiger partial charge in [0.05, 0.1) is 6.61 Å². The smallest absolute Gasteiger partial charge is 0.191 e. The van der Waals surface area contributed by atoms with Crippen molar-refractivity contribution in [1.29, 1.82) is 0 Å². The number of ether oxygens (including phenoxy) is 2. The Labute approximate surface area is 142 Å². The Bertz CT molecular complexity index is 628. The van der Waals surface area contributed by atoms with E-state index in [4.69, 9.17) is 9.47 Å². The Morgan fingerprint density at radius 1 is 1.21 bits per heavy atom. The van der Waals surface area contributed by atoms with Crippen LogP contribution in [0.1, 0.15) is 19.2 Å². The van der Waals surface area contributed by atoms with E-state index in [1.807, 2.05) is 35.7 Å². The molecule has 0 aliphatic carbocycles. The van der Waals surface area contributed by atoms with E-state index < -0.39 is 0 Å². The van der Waals surface area contributed by atoms with Gasteiger partial charge < -0.3 is 20.1 Å². The average Bonchev–Trinajstić information content (AvgIpc) is 3.02. The topological polar surface area (TPSA) is 85.1 Å². The lowest BCUT2D eigenvalue weighted by atomic mass is 10.4. The van der Waals surface area contributed by atoms with Crippen molar-refractivity contribution in [3.8, 4) is 0 Å². The normalized spacial score (nSPS) is 11.8. The lowest BCUT2D eigenvalue weighted by Gasteiger charge is -2.12. The molecule has 0 saturated heterocycles. The molecule has 0 atom stereocenters. The predicted octanol–water partition coefficient (Wildman–Crippen LogP) is 0.838. The van der Waals surface area contributed by atoms with E-state index in [0.29, 0.717) is 19.7 Å². The molecule has 2 aromatic rings. The molecule has 0 fully saturated rings. The van der Waals surface area contributed by atoms with Crippen LogP contribution in [0.3, 0.4) is 0 Å². The first-order chi connectivity index (χ1) is 11.8. The first-order valence-corrected chi connectivity index (χ1v) is 8.22. The largest absolute Gasteiger partial charge is 0.383 e. The minimum absolute atomic E-state index is 0.443. The fourth-order valence-electron chi connectivity index (χ4n) is 2.12. The maximum Gasteiger partial charge on any atom is 0.191 e. The molecule has 0 aromatic carbocycles. The molecule has 0 bridgehead atoms. The second-order valence-corrected chi connectivity index (χ2v) is 5.11. The van der Waals surface area contributed by atoms with Crippen LogP contribution in [-0.4, -0.2) is 60.6 Å². The van der Waals surface area contributed by atoms with E-state index in [9.17, 15) is 0 Å². The molecule has 0 radical (unpaired) electrons. The van der Waals surface area contributed by atoms with Crippen LogP contribution in [-0.2, 0) is 16.0 Å². The van der Waals surface area contributed by atoms with Crippen LogP contribution in [0.4, 0.5) is 0 Å². The molecular weight excluding hydrogens is 308 g/mol. The molecule has 0 aliphatic rings. The zero-order chi connectivity index (χ0) is 17.0. The molecule has 24 heavy (non-hydrogen) atoms. The van der Waals surface area contributed by atoms with Crippen LogP contribution < -0.4 is 10.6 Å². The van der Waals surface area contributed by atoms with Crippen molar-refractivity contribution in [3.05, 3.63) is 30.2 Å². The Balaban J connectivity index is 1.92. The molecule has 8 nitrogen and oxygen atoms in total. The summed E-state index contributed by atoms with van der Waals surface area (Å²) in [4.78, 5) is 4.58. The first-order valence-electron chi connectivity index (χ1n) is 8.22. The van der Waals surface area contributed by atoms with Gasteiger partial charge in [0.1, 0.15) is 6.54 Å². The van der Waals surface area contributed by atoms with Gasteiger partial charge >= 0.3 is 0 Å². The van der Waals surface area contributed by atoms with E-state index >= 15 is 0 Å². The molecule has 132 valence electrons. The van der Waals surface area contributed by atoms with E-state index in [1.165, 1.54) is 0 Å². The minimum atomic E-state index is 0.443. The second kappa shape index (κ2) is 10.6. The summed E-state index contributed by atoms with van der Waals surface area (Å²) in [5, 5.41) is 14.9. The lowest BCUT2D eigenvalue weighted by molar-refractivity contribution is 0.145. The molecule has 0 saturated carbocycles. The number of methoxy groups -OCH3 is 1. The summed E-state index contributed by atoms with van der Waals surface area (Å²) in [6.07, 6.45) is 2.86. The Kier molecular flexibility index (Phi) is 7.99. The maximum atomic E-state index is 5.34. The number of aliphatic imine (C=N–C) groups is 1. The molecule has 0 spiro atoms. The van der Waals surface area contributed by atoms with Crippen LogP contribution >= 0.6 is 0 Å². The molecule has 0 aliphatic heterocycles. The fraction of sp³-hybridized carbons (Fsp3) is 0.562. The van der Waals surface area contributed by atoms with Gasteiger partial charge in [-0.3, -0.25) is 4.40 Å². The van der Waals surface area contributed by atoms with Gasteiger partial charge in [-0.1, -0.05) is 6.07 Å². The first kappa shape index (κ1) is 18.2. The summed E-state index contributed by atoms with van der Waals surface area (Å²) >= 11 is 0. The van der Waals surface area contributed by atoms with Gasteiger partial charge in [-0.25, -0.2) is 4.99 Å². The number of hydrogen-bond acceptors (Lipinski definition) is 5. The van der Waals surface area contributed by atoms with Gasteiger partial charge in [0.15, 0.2) is 17.4 Å². The van der Waals surface area contributed by atoms with Crippen LogP contribution in [0.2, 0.25) is 0 Å². The summed E-state index contributed by atoms with van der Waals surface area (Å²) in [7, 11) is 1.68. The molecule has 2 heterocycles. The second-order valence-electron chi connectivity index (χ2n) is 5.11. The highest BCUT2D eigenvalue weighted by Gasteiger charge is 2.04. The number of nitrogens with one attached hydrogen (secondary N) is 2. The average molecular weight is 334 g/mol. The fourth-order valence-corrected chi connectivity index (χ4v) is 2.12. The summed E-state index contributed by atoms with van der Waals surface area (Å²) in [6.45, 7) is 6.02. The van der Waals surface area contributed by atoms with Crippen LogP contribution in [0, 0.1) is 0 Å². The number of hydrogen-bond donors (Lipinski definition) is 2. The Morgan fingerprint density at radius 3 is 2.92 bits per heavy atom. The highest BCUT2D eigenvalue weighted by molar-refractivity contribution is 5.79. The number of rotatable bonds is 10. The van der Waals surface area contributed by atoms with Crippen molar-refractivity contribution >= 4 is 11.6 Å². The monoisotopic (exact) mass is 334 g/mol. The molecule has 2 N–H and O–H groups in total. The van der Waals surface area contributed by atoms with Crippen LogP contribution in [0.15, 0.2) is 29.4 Å². The lowest BCUT2D eigenvalue weighted by Crippen LogP contribution is -2.39. The Morgan fingerprint density at radius 2 is 2.08 bits per heavy atom. The van der Waals surface area contributed by atoms with Gasteiger partial charge in [0.2, 0.25) is 0 Å². The number of pyridine rings is 1. The zero-order valence-corrected chi connectivity index (χ0v) is 14.4. The third-order valence-electron chi connectivity index (χ3n) is 3.32. The Hall–Kier alpha value is -2.19. The molecule has 8 heteroatoms. The molecule has 2 aromatic heterocycles. The maximum absolute atomic E-state index is 5.34. The van der Waals surface area contributed by atoms with Gasteiger partial charge in [-0.05, 0) is 25.5 Å². The van der Waals surface area contributed by atoms with Crippen molar-refractivity contribution in [3.63, 3.8) is 0 Å². The van der Waals surface area contributed by atoms with Crippen molar-refractivity contribution in [2.75, 3.05) is 40.0 Å². The molecular formula is C16H26N6O2. The van der Waals surface area contributed by atoms with Crippen molar-refractivity contribution in [2.24, 2.45) is 4.99 Å². The zero-order valence-electron chi connectivity index (χ0n) is 14.4. The predicted molar refractivity (Wildman–Crippen MR) is 93.1 cm³/mol. The van der Waals surface area contributed by atoms with Crippen LogP contribution in [0.25, 0.3) is 5.65 Å². The summed E-state index contributed by atoms with van der Waals surface area (Å²) in [5.74, 6) is 1.53. The van der Waals surface area contributed by atoms with E-state index in [-0.39, 0.29) is 0 Å². The third kappa shape index (κ3) is 5.78. The van der Waals surface area contributed by atoms with Crippen molar-refractivity contribution < 1.29 is 9.47 Å². The molecule has 0 amide bonds. The number of guanidine groups is 1. The molecule has 2 rings (SSSR count). The third-order valence-corrected chi connectivity index (χ3v) is 3.32.